The minimum Gasteiger partial charge on any atom is -0.282 e. The van der Waals surface area contributed by atoms with E-state index in [4.69, 9.17) is 4.55 Å². The summed E-state index contributed by atoms with van der Waals surface area (Å²) in [4.78, 5) is -0.152. The molecular formula is C13H17FO3S. The zero-order chi connectivity index (χ0) is 13.3. The molecule has 100 valence electrons. The monoisotopic (exact) mass is 272 g/mol. The van der Waals surface area contributed by atoms with Gasteiger partial charge in [-0.2, -0.15) is 8.42 Å². The zero-order valence-electron chi connectivity index (χ0n) is 10.3. The molecule has 0 saturated heterocycles. The van der Waals surface area contributed by atoms with Crippen molar-refractivity contribution in [3.05, 3.63) is 29.3 Å². The fourth-order valence-electron chi connectivity index (χ4n) is 2.61. The van der Waals surface area contributed by atoms with Crippen molar-refractivity contribution in [3.8, 4) is 0 Å². The molecule has 1 aliphatic rings. The van der Waals surface area contributed by atoms with Gasteiger partial charge in [-0.1, -0.05) is 18.9 Å². The number of hydrogen-bond acceptors (Lipinski definition) is 2. The number of halogens is 1. The lowest BCUT2D eigenvalue weighted by Gasteiger charge is -2.27. The van der Waals surface area contributed by atoms with Crippen molar-refractivity contribution in [2.24, 2.45) is 0 Å². The molecule has 0 aliphatic heterocycles. The van der Waals surface area contributed by atoms with E-state index in [9.17, 15) is 12.8 Å². The maximum atomic E-state index is 13.9. The summed E-state index contributed by atoms with van der Waals surface area (Å²) >= 11 is 0. The third-order valence-corrected chi connectivity index (χ3v) is 4.48. The second kappa shape index (κ2) is 4.97. The molecule has 2 rings (SSSR count). The fourth-order valence-corrected chi connectivity index (χ4v) is 3.13. The van der Waals surface area contributed by atoms with E-state index < -0.39 is 16.3 Å². The molecule has 0 aromatic heterocycles. The molecule has 1 aromatic rings. The van der Waals surface area contributed by atoms with Crippen molar-refractivity contribution in [3.63, 3.8) is 0 Å². The molecule has 0 heterocycles. The molecule has 1 N–H and O–H groups in total. The molecule has 0 spiro atoms. The van der Waals surface area contributed by atoms with Gasteiger partial charge >= 0.3 is 0 Å². The molecule has 18 heavy (non-hydrogen) atoms. The lowest BCUT2D eigenvalue weighted by molar-refractivity contribution is 0.215. The van der Waals surface area contributed by atoms with E-state index in [1.165, 1.54) is 12.1 Å². The average molecular weight is 272 g/mol. The van der Waals surface area contributed by atoms with Gasteiger partial charge in [-0.15, -0.1) is 0 Å². The van der Waals surface area contributed by atoms with Crippen LogP contribution in [0.2, 0.25) is 0 Å². The third-order valence-electron chi connectivity index (χ3n) is 3.63. The molecule has 2 atom stereocenters. The Morgan fingerprint density at radius 2 is 1.94 bits per heavy atom. The number of benzene rings is 1. The van der Waals surface area contributed by atoms with E-state index in [0.717, 1.165) is 24.8 Å². The van der Waals surface area contributed by atoms with Crippen molar-refractivity contribution < 1.29 is 17.4 Å². The SMILES string of the molecule is Cc1ccc(S(=O)(=O)O)cc1C1CCCCC1F. The summed E-state index contributed by atoms with van der Waals surface area (Å²) in [5.41, 5.74) is 1.58. The summed E-state index contributed by atoms with van der Waals surface area (Å²) < 4.78 is 45.2. The van der Waals surface area contributed by atoms with Crippen LogP contribution in [0.1, 0.15) is 42.7 Å². The van der Waals surface area contributed by atoms with E-state index in [0.29, 0.717) is 12.0 Å². The maximum absolute atomic E-state index is 13.9. The van der Waals surface area contributed by atoms with E-state index in [-0.39, 0.29) is 10.8 Å². The van der Waals surface area contributed by atoms with Crippen LogP contribution in [0.15, 0.2) is 23.1 Å². The van der Waals surface area contributed by atoms with Crippen LogP contribution < -0.4 is 0 Å². The van der Waals surface area contributed by atoms with Crippen LogP contribution in [0.4, 0.5) is 4.39 Å². The average Bonchev–Trinajstić information content (AvgIpc) is 2.29. The van der Waals surface area contributed by atoms with Crippen molar-refractivity contribution in [2.45, 2.75) is 49.6 Å². The van der Waals surface area contributed by atoms with Gasteiger partial charge in [0, 0.05) is 5.92 Å². The van der Waals surface area contributed by atoms with Crippen molar-refractivity contribution >= 4 is 10.1 Å². The van der Waals surface area contributed by atoms with Gasteiger partial charge in [-0.25, -0.2) is 4.39 Å². The van der Waals surface area contributed by atoms with Crippen molar-refractivity contribution in [2.75, 3.05) is 0 Å². The third kappa shape index (κ3) is 2.72. The first kappa shape index (κ1) is 13.5. The molecule has 2 unspecified atom stereocenters. The van der Waals surface area contributed by atoms with Gasteiger partial charge in [0.15, 0.2) is 0 Å². The lowest BCUT2D eigenvalue weighted by atomic mass is 9.81. The normalized spacial score (nSPS) is 25.1. The Balaban J connectivity index is 2.43. The fraction of sp³-hybridized carbons (Fsp3) is 0.538. The Labute approximate surface area is 107 Å². The van der Waals surface area contributed by atoms with E-state index in [2.05, 4.69) is 0 Å². The van der Waals surface area contributed by atoms with Crippen molar-refractivity contribution in [1.82, 2.24) is 0 Å². The topological polar surface area (TPSA) is 54.4 Å². The highest BCUT2D eigenvalue weighted by atomic mass is 32.2. The smallest absolute Gasteiger partial charge is 0.282 e. The molecule has 1 saturated carbocycles. The van der Waals surface area contributed by atoms with Gasteiger partial charge in [0.05, 0.1) is 4.90 Å². The highest BCUT2D eigenvalue weighted by Crippen LogP contribution is 2.37. The van der Waals surface area contributed by atoms with Crippen LogP contribution in [-0.2, 0) is 10.1 Å². The van der Waals surface area contributed by atoms with Gasteiger partial charge in [0.1, 0.15) is 6.17 Å². The minimum absolute atomic E-state index is 0.152. The van der Waals surface area contributed by atoms with Gasteiger partial charge in [0.2, 0.25) is 0 Å². The number of alkyl halides is 1. The molecule has 1 fully saturated rings. The zero-order valence-corrected chi connectivity index (χ0v) is 11.1. The number of hydrogen-bond donors (Lipinski definition) is 1. The maximum Gasteiger partial charge on any atom is 0.294 e. The highest BCUT2D eigenvalue weighted by Gasteiger charge is 2.28. The summed E-state index contributed by atoms with van der Waals surface area (Å²) in [6.07, 6.45) is 2.18. The van der Waals surface area contributed by atoms with Crippen LogP contribution in [0.5, 0.6) is 0 Å². The van der Waals surface area contributed by atoms with Crippen LogP contribution in [0.25, 0.3) is 0 Å². The van der Waals surface area contributed by atoms with E-state index >= 15 is 0 Å². The quantitative estimate of drug-likeness (QED) is 0.841. The second-order valence-electron chi connectivity index (χ2n) is 4.90. The molecule has 0 radical (unpaired) electrons. The summed E-state index contributed by atoms with van der Waals surface area (Å²) in [7, 11) is -4.22. The van der Waals surface area contributed by atoms with E-state index in [1.54, 1.807) is 6.07 Å². The molecule has 0 amide bonds. The predicted molar refractivity (Wildman–Crippen MR) is 67.1 cm³/mol. The highest BCUT2D eigenvalue weighted by molar-refractivity contribution is 7.85. The van der Waals surface area contributed by atoms with Crippen LogP contribution in [0.3, 0.4) is 0 Å². The second-order valence-corrected chi connectivity index (χ2v) is 6.32. The van der Waals surface area contributed by atoms with Gasteiger partial charge < -0.3 is 0 Å². The van der Waals surface area contributed by atoms with Crippen LogP contribution in [0, 0.1) is 6.92 Å². The molecule has 3 nitrogen and oxygen atoms in total. The standard InChI is InChI=1S/C13H17FO3S/c1-9-6-7-10(18(15,16)17)8-12(9)11-4-2-3-5-13(11)14/h6-8,11,13H,2-5H2,1H3,(H,15,16,17). The Bertz CT molecular complexity index is 539. The minimum atomic E-state index is -4.22. The van der Waals surface area contributed by atoms with Crippen LogP contribution in [-0.4, -0.2) is 19.1 Å². The summed E-state index contributed by atoms with van der Waals surface area (Å²) in [6.45, 7) is 1.84. The van der Waals surface area contributed by atoms with Gasteiger partial charge in [0.25, 0.3) is 10.1 Å². The molecule has 0 bridgehead atoms. The number of rotatable bonds is 2. The van der Waals surface area contributed by atoms with Crippen LogP contribution >= 0.6 is 0 Å². The van der Waals surface area contributed by atoms with Crippen molar-refractivity contribution in [1.29, 1.82) is 0 Å². The largest absolute Gasteiger partial charge is 0.294 e. The number of aryl methyl sites for hydroxylation is 1. The molecule has 1 aromatic carbocycles. The van der Waals surface area contributed by atoms with E-state index in [1.807, 2.05) is 6.92 Å². The molecule has 5 heteroatoms. The summed E-state index contributed by atoms with van der Waals surface area (Å²) in [5.74, 6) is -0.250. The Kier molecular flexibility index (Phi) is 3.73. The van der Waals surface area contributed by atoms with Gasteiger partial charge in [-0.3, -0.25) is 4.55 Å². The molecule has 1 aliphatic carbocycles. The first-order valence-electron chi connectivity index (χ1n) is 6.11. The first-order valence-corrected chi connectivity index (χ1v) is 7.55. The predicted octanol–water partition coefficient (Wildman–Crippen LogP) is 3.24. The Morgan fingerprint density at radius 3 is 2.56 bits per heavy atom. The van der Waals surface area contributed by atoms with Gasteiger partial charge in [-0.05, 0) is 43.0 Å². The Hall–Kier alpha value is -0.940. The first-order chi connectivity index (χ1) is 8.39. The lowest BCUT2D eigenvalue weighted by Crippen LogP contribution is -2.19. The summed E-state index contributed by atoms with van der Waals surface area (Å²) in [5, 5.41) is 0. The Morgan fingerprint density at radius 1 is 1.28 bits per heavy atom. The summed E-state index contributed by atoms with van der Waals surface area (Å²) in [6, 6.07) is 4.39. The molecular weight excluding hydrogens is 255 g/mol.